The van der Waals surface area contributed by atoms with Crippen molar-refractivity contribution in [2.24, 2.45) is 24.8 Å². The summed E-state index contributed by atoms with van der Waals surface area (Å²) in [6.45, 7) is 1.43. The second-order valence-electron chi connectivity index (χ2n) is 8.18. The van der Waals surface area contributed by atoms with Crippen LogP contribution in [-0.4, -0.2) is 51.1 Å². The van der Waals surface area contributed by atoms with Crippen molar-refractivity contribution in [2.75, 3.05) is 25.1 Å². The minimum absolute atomic E-state index is 0.170. The van der Waals surface area contributed by atoms with Gasteiger partial charge in [-0.25, -0.2) is 14.6 Å². The number of carbonyl (C=O) groups is 1. The van der Waals surface area contributed by atoms with Gasteiger partial charge in [-0.05, 0) is 30.6 Å². The maximum absolute atomic E-state index is 14.7. The van der Waals surface area contributed by atoms with Crippen LogP contribution in [0.25, 0.3) is 11.5 Å². The Kier molecular flexibility index (Phi) is 4.08. The number of nitrogens with zero attached hydrogens (tertiary/aromatic N) is 6. The van der Waals surface area contributed by atoms with Gasteiger partial charge in [0, 0.05) is 38.5 Å². The number of esters is 1. The first-order chi connectivity index (χ1) is 13.9. The molecular weight excluding hydrogens is 382 g/mol. The standard InChI is InChI=1S/C19H22F2N6O2/c1-26-14(7-22-25-26)17-23-16-10(4-3-5-19(16,20)21)18(24-17)27-8-12-11(13(12)9-27)6-15(28)29-2/h7,11-13H,3-6,8-9H2,1-2H3/t11?,12-,13+. The lowest BCUT2D eigenvalue weighted by molar-refractivity contribution is -0.141. The van der Waals surface area contributed by atoms with Crippen LogP contribution in [0, 0.1) is 17.8 Å². The summed E-state index contributed by atoms with van der Waals surface area (Å²) < 4.78 is 35.7. The van der Waals surface area contributed by atoms with Crippen molar-refractivity contribution >= 4 is 11.8 Å². The number of halogens is 2. The van der Waals surface area contributed by atoms with Crippen molar-refractivity contribution in [3.05, 3.63) is 17.5 Å². The van der Waals surface area contributed by atoms with E-state index < -0.39 is 5.92 Å². The van der Waals surface area contributed by atoms with Crippen molar-refractivity contribution in [1.29, 1.82) is 0 Å². The van der Waals surface area contributed by atoms with E-state index >= 15 is 0 Å². The number of ether oxygens (including phenoxy) is 1. The highest BCUT2D eigenvalue weighted by Gasteiger charge is 2.57. The van der Waals surface area contributed by atoms with Crippen LogP contribution < -0.4 is 4.90 Å². The first kappa shape index (κ1) is 18.4. The Morgan fingerprint density at radius 2 is 2.07 bits per heavy atom. The van der Waals surface area contributed by atoms with Gasteiger partial charge in [0.25, 0.3) is 5.92 Å². The molecule has 29 heavy (non-hydrogen) atoms. The fraction of sp³-hybridized carbons (Fsp3) is 0.632. The molecule has 1 aliphatic heterocycles. The Labute approximate surface area is 166 Å². The molecule has 2 aromatic heterocycles. The number of anilines is 1. The van der Waals surface area contributed by atoms with Crippen LogP contribution in [0.5, 0.6) is 0 Å². The monoisotopic (exact) mass is 404 g/mol. The molecule has 0 spiro atoms. The lowest BCUT2D eigenvalue weighted by Gasteiger charge is -2.30. The summed E-state index contributed by atoms with van der Waals surface area (Å²) in [5, 5.41) is 7.70. The highest BCUT2D eigenvalue weighted by Crippen LogP contribution is 2.55. The smallest absolute Gasteiger partial charge is 0.305 e. The summed E-state index contributed by atoms with van der Waals surface area (Å²) in [6.07, 6.45) is 2.66. The van der Waals surface area contributed by atoms with Crippen LogP contribution in [0.4, 0.5) is 14.6 Å². The molecule has 3 heterocycles. The molecule has 0 radical (unpaired) electrons. The van der Waals surface area contributed by atoms with Gasteiger partial charge in [-0.3, -0.25) is 4.79 Å². The van der Waals surface area contributed by atoms with Gasteiger partial charge in [0.1, 0.15) is 17.2 Å². The summed E-state index contributed by atoms with van der Waals surface area (Å²) in [7, 11) is 3.08. The van der Waals surface area contributed by atoms with E-state index in [4.69, 9.17) is 4.74 Å². The molecular formula is C19H22F2N6O2. The van der Waals surface area contributed by atoms with Gasteiger partial charge < -0.3 is 9.64 Å². The Balaban J connectivity index is 1.49. The van der Waals surface area contributed by atoms with E-state index in [-0.39, 0.29) is 23.9 Å². The third-order valence-electron chi connectivity index (χ3n) is 6.49. The van der Waals surface area contributed by atoms with Gasteiger partial charge in [-0.2, -0.15) is 8.78 Å². The minimum Gasteiger partial charge on any atom is -0.469 e. The Hall–Kier alpha value is -2.65. The molecule has 0 amide bonds. The molecule has 2 fully saturated rings. The predicted octanol–water partition coefficient (Wildman–Crippen LogP) is 1.95. The molecule has 0 N–H and O–H groups in total. The van der Waals surface area contributed by atoms with E-state index in [2.05, 4.69) is 25.2 Å². The van der Waals surface area contributed by atoms with E-state index in [0.717, 1.165) is 0 Å². The summed E-state index contributed by atoms with van der Waals surface area (Å²) in [4.78, 5) is 22.6. The van der Waals surface area contributed by atoms with Crippen molar-refractivity contribution < 1.29 is 18.3 Å². The molecule has 2 aliphatic carbocycles. The first-order valence-electron chi connectivity index (χ1n) is 9.85. The summed E-state index contributed by atoms with van der Waals surface area (Å²) in [5.41, 5.74) is 0.880. The minimum atomic E-state index is -2.97. The quantitative estimate of drug-likeness (QED) is 0.720. The fourth-order valence-corrected chi connectivity index (χ4v) is 4.88. The molecule has 1 saturated carbocycles. The predicted molar refractivity (Wildman–Crippen MR) is 98.2 cm³/mol. The van der Waals surface area contributed by atoms with Crippen molar-refractivity contribution in [1.82, 2.24) is 25.0 Å². The number of aromatic nitrogens is 5. The summed E-state index contributed by atoms with van der Waals surface area (Å²) >= 11 is 0. The number of piperidine rings is 1. The zero-order chi connectivity index (χ0) is 20.3. The molecule has 8 nitrogen and oxygen atoms in total. The third kappa shape index (κ3) is 2.96. The number of carbonyl (C=O) groups excluding carboxylic acids is 1. The fourth-order valence-electron chi connectivity index (χ4n) is 4.88. The molecule has 2 aromatic rings. The second-order valence-corrected chi connectivity index (χ2v) is 8.18. The van der Waals surface area contributed by atoms with E-state index in [1.54, 1.807) is 7.05 Å². The SMILES string of the molecule is COC(=O)CC1[C@H]2CN(c3nc(-c4cnnn4C)nc4c3CCCC4(F)F)C[C@@H]12. The summed E-state index contributed by atoms with van der Waals surface area (Å²) in [6, 6.07) is 0. The van der Waals surface area contributed by atoms with Gasteiger partial charge in [0.2, 0.25) is 0 Å². The van der Waals surface area contributed by atoms with Gasteiger partial charge in [0.05, 0.1) is 13.3 Å². The molecule has 1 saturated heterocycles. The van der Waals surface area contributed by atoms with E-state index in [1.807, 2.05) is 0 Å². The third-order valence-corrected chi connectivity index (χ3v) is 6.49. The number of aryl methyl sites for hydroxylation is 1. The Bertz CT molecular complexity index is 966. The lowest BCUT2D eigenvalue weighted by atomic mass is 9.92. The van der Waals surface area contributed by atoms with E-state index in [0.29, 0.717) is 67.2 Å². The van der Waals surface area contributed by atoms with Gasteiger partial charge in [0.15, 0.2) is 5.82 Å². The van der Waals surface area contributed by atoms with Gasteiger partial charge >= 0.3 is 5.97 Å². The van der Waals surface area contributed by atoms with E-state index in [9.17, 15) is 13.6 Å². The number of alkyl halides is 2. The van der Waals surface area contributed by atoms with Crippen LogP contribution in [0.3, 0.4) is 0 Å². The Morgan fingerprint density at radius 3 is 2.72 bits per heavy atom. The van der Waals surface area contributed by atoms with Crippen LogP contribution >= 0.6 is 0 Å². The average Bonchev–Trinajstić information content (AvgIpc) is 3.04. The number of rotatable bonds is 4. The van der Waals surface area contributed by atoms with Crippen LogP contribution in [-0.2, 0) is 28.9 Å². The second kappa shape index (κ2) is 6.43. The van der Waals surface area contributed by atoms with Gasteiger partial charge in [-0.15, -0.1) is 5.10 Å². The zero-order valence-electron chi connectivity index (χ0n) is 16.3. The normalized spacial score (nSPS) is 26.8. The molecule has 10 heteroatoms. The lowest BCUT2D eigenvalue weighted by Crippen LogP contribution is -2.31. The van der Waals surface area contributed by atoms with Crippen LogP contribution in [0.1, 0.15) is 30.5 Å². The zero-order valence-corrected chi connectivity index (χ0v) is 16.3. The molecule has 0 bridgehead atoms. The molecule has 5 rings (SSSR count). The first-order valence-corrected chi connectivity index (χ1v) is 9.85. The molecule has 3 aliphatic rings. The van der Waals surface area contributed by atoms with E-state index in [1.165, 1.54) is 18.0 Å². The maximum atomic E-state index is 14.7. The molecule has 0 aromatic carbocycles. The van der Waals surface area contributed by atoms with Crippen LogP contribution in [0.2, 0.25) is 0 Å². The van der Waals surface area contributed by atoms with Crippen LogP contribution in [0.15, 0.2) is 6.20 Å². The molecule has 154 valence electrons. The average molecular weight is 404 g/mol. The number of fused-ring (bicyclic) bond motifs is 2. The number of methoxy groups -OCH3 is 1. The number of hydrogen-bond acceptors (Lipinski definition) is 7. The largest absolute Gasteiger partial charge is 0.469 e. The molecule has 3 atom stereocenters. The highest BCUT2D eigenvalue weighted by atomic mass is 19.3. The Morgan fingerprint density at radius 1 is 1.31 bits per heavy atom. The van der Waals surface area contributed by atoms with Gasteiger partial charge in [-0.1, -0.05) is 5.21 Å². The number of hydrogen-bond donors (Lipinski definition) is 0. The highest BCUT2D eigenvalue weighted by molar-refractivity contribution is 5.70. The topological polar surface area (TPSA) is 86.0 Å². The maximum Gasteiger partial charge on any atom is 0.305 e. The van der Waals surface area contributed by atoms with Crippen molar-refractivity contribution in [3.63, 3.8) is 0 Å². The summed E-state index contributed by atoms with van der Waals surface area (Å²) in [5.74, 6) is -1.27. The van der Waals surface area contributed by atoms with Crippen molar-refractivity contribution in [2.45, 2.75) is 31.6 Å². The molecule has 1 unspecified atom stereocenters. The van der Waals surface area contributed by atoms with Crippen molar-refractivity contribution in [3.8, 4) is 11.5 Å².